The summed E-state index contributed by atoms with van der Waals surface area (Å²) in [6.45, 7) is 3.44. The zero-order valence-corrected chi connectivity index (χ0v) is 21.2. The summed E-state index contributed by atoms with van der Waals surface area (Å²) in [6, 6.07) is 9.95. The molecule has 2 aromatic rings. The first-order valence-corrected chi connectivity index (χ1v) is 12.9. The summed E-state index contributed by atoms with van der Waals surface area (Å²) in [7, 11) is 2.02. The zero-order valence-electron chi connectivity index (χ0n) is 21.2. The number of likely N-dealkylation sites (tertiary alicyclic amines) is 1. The molecule has 3 rings (SSSR count). The average Bonchev–Trinajstić information content (AvgIpc) is 3.35. The highest BCUT2D eigenvalue weighted by Crippen LogP contribution is 2.29. The molecule has 1 atom stereocenters. The Morgan fingerprint density at radius 2 is 1.89 bits per heavy atom. The van der Waals surface area contributed by atoms with Crippen molar-refractivity contribution in [3.05, 3.63) is 42.4 Å². The summed E-state index contributed by atoms with van der Waals surface area (Å²) in [4.78, 5) is 34.8. The molecule has 190 valence electrons. The van der Waals surface area contributed by atoms with Crippen molar-refractivity contribution in [1.29, 1.82) is 5.41 Å². The lowest BCUT2D eigenvalue weighted by Gasteiger charge is -2.36. The van der Waals surface area contributed by atoms with Crippen LogP contribution >= 0.6 is 0 Å². The minimum absolute atomic E-state index is 0.00503. The molecule has 7 nitrogen and oxygen atoms in total. The minimum Gasteiger partial charge on any atom is -0.389 e. The SMILES string of the molecule is CCC(=O)CCCCC[C@H](CC(=O)C(=N)CC1(O)CCN(C)CC1)c1ncc(-c2ccccc2)[nH]1. The Kier molecular flexibility index (Phi) is 9.93. The van der Waals surface area contributed by atoms with Gasteiger partial charge in [0.2, 0.25) is 0 Å². The second-order valence-electron chi connectivity index (χ2n) is 10.0. The van der Waals surface area contributed by atoms with Crippen LogP contribution in [0, 0.1) is 5.41 Å². The Hall–Kier alpha value is -2.64. The van der Waals surface area contributed by atoms with Crippen molar-refractivity contribution in [3.63, 3.8) is 0 Å². The number of unbranched alkanes of at least 4 members (excludes halogenated alkanes) is 2. The zero-order chi connectivity index (χ0) is 25.3. The van der Waals surface area contributed by atoms with Crippen LogP contribution in [0.3, 0.4) is 0 Å². The molecule has 0 unspecified atom stereocenters. The third kappa shape index (κ3) is 8.22. The first-order valence-electron chi connectivity index (χ1n) is 12.9. The molecule has 1 aliphatic rings. The molecule has 0 bridgehead atoms. The number of nitrogens with zero attached hydrogens (tertiary/aromatic N) is 2. The van der Waals surface area contributed by atoms with E-state index in [1.807, 2.05) is 44.3 Å². The van der Waals surface area contributed by atoms with Crippen molar-refractivity contribution in [3.8, 4) is 11.3 Å². The molecule has 0 spiro atoms. The molecule has 1 aromatic carbocycles. The monoisotopic (exact) mass is 480 g/mol. The van der Waals surface area contributed by atoms with Crippen LogP contribution in [0.4, 0.5) is 0 Å². The number of ketones is 2. The number of nitrogens with one attached hydrogen (secondary N) is 2. The van der Waals surface area contributed by atoms with Crippen LogP contribution in [-0.4, -0.2) is 63.0 Å². The van der Waals surface area contributed by atoms with Gasteiger partial charge >= 0.3 is 0 Å². The Balaban J connectivity index is 1.64. The van der Waals surface area contributed by atoms with Gasteiger partial charge < -0.3 is 20.4 Å². The van der Waals surface area contributed by atoms with Crippen LogP contribution in [0.5, 0.6) is 0 Å². The number of hydrogen-bond donors (Lipinski definition) is 3. The molecule has 0 radical (unpaired) electrons. The summed E-state index contributed by atoms with van der Waals surface area (Å²) in [5.41, 5.74) is 0.977. The largest absolute Gasteiger partial charge is 0.389 e. The van der Waals surface area contributed by atoms with Crippen molar-refractivity contribution in [2.45, 2.75) is 82.7 Å². The molecule has 0 amide bonds. The molecule has 35 heavy (non-hydrogen) atoms. The number of aromatic nitrogens is 2. The number of aromatic amines is 1. The summed E-state index contributed by atoms with van der Waals surface area (Å²) in [5, 5.41) is 19.3. The van der Waals surface area contributed by atoms with Crippen LogP contribution < -0.4 is 0 Å². The van der Waals surface area contributed by atoms with E-state index in [1.165, 1.54) is 0 Å². The minimum atomic E-state index is -0.967. The highest BCUT2D eigenvalue weighted by atomic mass is 16.3. The van der Waals surface area contributed by atoms with Gasteiger partial charge in [-0.25, -0.2) is 4.98 Å². The van der Waals surface area contributed by atoms with E-state index in [9.17, 15) is 14.7 Å². The van der Waals surface area contributed by atoms with E-state index in [1.54, 1.807) is 6.20 Å². The van der Waals surface area contributed by atoms with Crippen molar-refractivity contribution >= 4 is 17.3 Å². The lowest BCUT2D eigenvalue weighted by Crippen LogP contribution is -2.44. The summed E-state index contributed by atoms with van der Waals surface area (Å²) < 4.78 is 0. The van der Waals surface area contributed by atoms with Gasteiger partial charge in [-0.05, 0) is 38.3 Å². The summed E-state index contributed by atoms with van der Waals surface area (Å²) in [6.07, 6.45) is 7.89. The third-order valence-corrected chi connectivity index (χ3v) is 7.16. The van der Waals surface area contributed by atoms with Crippen molar-refractivity contribution < 1.29 is 14.7 Å². The van der Waals surface area contributed by atoms with Gasteiger partial charge in [0.25, 0.3) is 0 Å². The van der Waals surface area contributed by atoms with Crippen LogP contribution in [0.25, 0.3) is 11.3 Å². The molecule has 1 aliphatic heterocycles. The first-order chi connectivity index (χ1) is 16.8. The molecule has 1 saturated heterocycles. The standard InChI is InChI=1S/C28H40N4O3/c1-3-23(33)13-9-5-8-12-22(27-30-20-25(31-27)21-10-6-4-7-11-21)18-26(34)24(29)19-28(35)14-16-32(2)17-15-28/h4,6-7,10-11,20,22,29,35H,3,5,8-9,12-19H2,1-2H3,(H,30,31)/t22-/m1/s1. The number of benzene rings is 1. The maximum absolute atomic E-state index is 13.1. The van der Waals surface area contributed by atoms with E-state index in [-0.39, 0.29) is 36.0 Å². The van der Waals surface area contributed by atoms with Gasteiger partial charge in [-0.3, -0.25) is 9.59 Å². The number of H-pyrrole nitrogens is 1. The Morgan fingerprint density at radius 3 is 2.57 bits per heavy atom. The fourth-order valence-electron chi connectivity index (χ4n) is 4.70. The average molecular weight is 481 g/mol. The summed E-state index contributed by atoms with van der Waals surface area (Å²) in [5.74, 6) is 0.693. The maximum atomic E-state index is 13.1. The third-order valence-electron chi connectivity index (χ3n) is 7.16. The molecule has 0 aliphatic carbocycles. The highest BCUT2D eigenvalue weighted by molar-refractivity contribution is 6.38. The second kappa shape index (κ2) is 12.9. The van der Waals surface area contributed by atoms with Gasteiger partial charge in [0.1, 0.15) is 11.6 Å². The molecular weight excluding hydrogens is 440 g/mol. The van der Waals surface area contributed by atoms with E-state index in [2.05, 4.69) is 14.9 Å². The molecule has 0 saturated carbocycles. The topological polar surface area (TPSA) is 110 Å². The van der Waals surface area contributed by atoms with Gasteiger partial charge in [-0.2, -0.15) is 0 Å². The lowest BCUT2D eigenvalue weighted by molar-refractivity contribution is -0.118. The number of hydrogen-bond acceptors (Lipinski definition) is 6. The maximum Gasteiger partial charge on any atom is 0.177 e. The van der Waals surface area contributed by atoms with Crippen molar-refractivity contribution in [1.82, 2.24) is 14.9 Å². The van der Waals surface area contributed by atoms with Gasteiger partial charge in [-0.1, -0.05) is 50.1 Å². The number of carbonyl (C=O) groups excluding carboxylic acids is 2. The predicted octanol–water partition coefficient (Wildman–Crippen LogP) is 4.92. The molecule has 3 N–H and O–H groups in total. The number of imidazole rings is 1. The molecule has 7 heteroatoms. The molecule has 2 heterocycles. The van der Waals surface area contributed by atoms with E-state index in [0.29, 0.717) is 25.7 Å². The number of aliphatic hydroxyl groups is 1. The van der Waals surface area contributed by atoms with E-state index < -0.39 is 5.60 Å². The number of Topliss-reactive ketones (excluding diaryl/α,β-unsaturated/α-hetero) is 2. The van der Waals surface area contributed by atoms with Crippen molar-refractivity contribution in [2.24, 2.45) is 0 Å². The van der Waals surface area contributed by atoms with E-state index in [0.717, 1.165) is 55.9 Å². The lowest BCUT2D eigenvalue weighted by atomic mass is 9.84. The quantitative estimate of drug-likeness (QED) is 0.263. The van der Waals surface area contributed by atoms with Crippen LogP contribution in [-0.2, 0) is 9.59 Å². The Morgan fingerprint density at radius 1 is 1.17 bits per heavy atom. The predicted molar refractivity (Wildman–Crippen MR) is 139 cm³/mol. The fourth-order valence-corrected chi connectivity index (χ4v) is 4.70. The first kappa shape index (κ1) is 27.0. The Labute approximate surface area is 208 Å². The highest BCUT2D eigenvalue weighted by Gasteiger charge is 2.34. The Bertz CT molecular complexity index is 977. The van der Waals surface area contributed by atoms with Gasteiger partial charge in [0, 0.05) is 44.7 Å². The number of carbonyl (C=O) groups is 2. The smallest absolute Gasteiger partial charge is 0.177 e. The van der Waals surface area contributed by atoms with Crippen LogP contribution in [0.2, 0.25) is 0 Å². The molecule has 1 fully saturated rings. The molecule has 1 aromatic heterocycles. The van der Waals surface area contributed by atoms with E-state index in [4.69, 9.17) is 5.41 Å². The number of piperidine rings is 1. The molecular formula is C28H40N4O3. The normalized spacial score (nSPS) is 16.7. The fraction of sp³-hybridized carbons (Fsp3) is 0.571. The second-order valence-corrected chi connectivity index (χ2v) is 10.0. The number of rotatable bonds is 14. The summed E-state index contributed by atoms with van der Waals surface area (Å²) >= 11 is 0. The van der Waals surface area contributed by atoms with Crippen LogP contribution in [0.1, 0.15) is 82.9 Å². The van der Waals surface area contributed by atoms with Gasteiger partial charge in [0.15, 0.2) is 5.78 Å². The van der Waals surface area contributed by atoms with E-state index >= 15 is 0 Å². The van der Waals surface area contributed by atoms with Gasteiger partial charge in [0.05, 0.1) is 23.2 Å². The van der Waals surface area contributed by atoms with Crippen LogP contribution in [0.15, 0.2) is 36.5 Å². The van der Waals surface area contributed by atoms with Gasteiger partial charge in [-0.15, -0.1) is 0 Å². The van der Waals surface area contributed by atoms with Crippen molar-refractivity contribution in [2.75, 3.05) is 20.1 Å².